The number of allylic oxidation sites excluding steroid dienone is 2. The maximum Gasteiger partial charge on any atom is 0.508 e. The molecule has 0 aliphatic carbocycles. The molecule has 3 nitrogen and oxygen atoms in total. The first-order valence-corrected chi connectivity index (χ1v) is 10.3. The second-order valence-corrected chi connectivity index (χ2v) is 6.53. The molecule has 142 valence electrons. The zero-order valence-electron chi connectivity index (χ0n) is 16.2. The van der Waals surface area contributed by atoms with Gasteiger partial charge in [0.2, 0.25) is 0 Å². The summed E-state index contributed by atoms with van der Waals surface area (Å²) in [6, 6.07) is 0. The van der Waals surface area contributed by atoms with Crippen LogP contribution in [0.5, 0.6) is 0 Å². The van der Waals surface area contributed by atoms with Gasteiger partial charge in [0.1, 0.15) is 0 Å². The largest absolute Gasteiger partial charge is 0.508 e. The quantitative estimate of drug-likeness (QED) is 0.159. The summed E-state index contributed by atoms with van der Waals surface area (Å²) in [6.45, 7) is 5.39. The molecular formula is C21H40O3. The van der Waals surface area contributed by atoms with Crippen LogP contribution in [-0.2, 0) is 9.47 Å². The Labute approximate surface area is 150 Å². The summed E-state index contributed by atoms with van der Waals surface area (Å²) in [7, 11) is 0. The van der Waals surface area contributed by atoms with Crippen molar-refractivity contribution in [2.45, 2.75) is 104 Å². The highest BCUT2D eigenvalue weighted by molar-refractivity contribution is 5.59. The van der Waals surface area contributed by atoms with Gasteiger partial charge in [-0.15, -0.1) is 0 Å². The molecule has 0 aromatic carbocycles. The summed E-state index contributed by atoms with van der Waals surface area (Å²) in [4.78, 5) is 11.3. The number of hydrogen-bond donors (Lipinski definition) is 0. The third kappa shape index (κ3) is 19.1. The minimum atomic E-state index is -0.499. The first-order chi connectivity index (χ1) is 11.8. The molecule has 24 heavy (non-hydrogen) atoms. The van der Waals surface area contributed by atoms with Crippen LogP contribution < -0.4 is 0 Å². The fourth-order valence-corrected chi connectivity index (χ4v) is 2.51. The zero-order chi connectivity index (χ0) is 17.7. The molecule has 0 aromatic rings. The average Bonchev–Trinajstić information content (AvgIpc) is 2.59. The predicted octanol–water partition coefficient (Wildman–Crippen LogP) is 7.20. The first kappa shape index (κ1) is 23.0. The number of unbranched alkanes of at least 4 members (excludes halogenated alkanes) is 11. The molecule has 0 amide bonds. The Bertz CT molecular complexity index is 287. The summed E-state index contributed by atoms with van der Waals surface area (Å²) >= 11 is 0. The molecule has 0 aliphatic rings. The lowest BCUT2D eigenvalue weighted by Crippen LogP contribution is -2.09. The van der Waals surface area contributed by atoms with Gasteiger partial charge >= 0.3 is 6.16 Å². The highest BCUT2D eigenvalue weighted by atomic mass is 16.7. The van der Waals surface area contributed by atoms with Gasteiger partial charge in [-0.25, -0.2) is 4.79 Å². The second kappa shape index (κ2) is 20.1. The summed E-state index contributed by atoms with van der Waals surface area (Å²) < 4.78 is 10.1. The predicted molar refractivity (Wildman–Crippen MR) is 102 cm³/mol. The van der Waals surface area contributed by atoms with E-state index in [0.29, 0.717) is 13.2 Å². The van der Waals surface area contributed by atoms with Crippen molar-refractivity contribution in [3.05, 3.63) is 12.2 Å². The van der Waals surface area contributed by atoms with Crippen molar-refractivity contribution in [3.8, 4) is 0 Å². The molecule has 0 saturated carbocycles. The smallest absolute Gasteiger partial charge is 0.434 e. The Hall–Kier alpha value is -0.990. The van der Waals surface area contributed by atoms with E-state index in [-0.39, 0.29) is 0 Å². The van der Waals surface area contributed by atoms with Gasteiger partial charge in [0.15, 0.2) is 0 Å². The van der Waals surface area contributed by atoms with Crippen LogP contribution in [0.4, 0.5) is 4.79 Å². The zero-order valence-corrected chi connectivity index (χ0v) is 16.2. The number of ether oxygens (including phenoxy) is 2. The fraction of sp³-hybridized carbons (Fsp3) is 0.857. The lowest BCUT2D eigenvalue weighted by Gasteiger charge is -2.06. The van der Waals surface area contributed by atoms with Crippen molar-refractivity contribution in [2.75, 3.05) is 13.2 Å². The van der Waals surface area contributed by atoms with Crippen molar-refractivity contribution in [2.24, 2.45) is 0 Å². The molecule has 0 N–H and O–H groups in total. The summed E-state index contributed by atoms with van der Waals surface area (Å²) in [6.07, 6.45) is 20.9. The minimum absolute atomic E-state index is 0.492. The van der Waals surface area contributed by atoms with E-state index in [9.17, 15) is 4.79 Å². The Morgan fingerprint density at radius 2 is 1.08 bits per heavy atom. The van der Waals surface area contributed by atoms with Crippen LogP contribution in [-0.4, -0.2) is 19.4 Å². The number of carbonyl (C=O) groups excluding carboxylic acids is 1. The summed E-state index contributed by atoms with van der Waals surface area (Å²) in [5.74, 6) is 0. The van der Waals surface area contributed by atoms with Crippen LogP contribution >= 0.6 is 0 Å². The van der Waals surface area contributed by atoms with E-state index in [1.54, 1.807) is 0 Å². The Kier molecular flexibility index (Phi) is 19.2. The van der Waals surface area contributed by atoms with E-state index in [1.165, 1.54) is 64.2 Å². The molecule has 0 radical (unpaired) electrons. The molecule has 0 heterocycles. The average molecular weight is 341 g/mol. The highest BCUT2D eigenvalue weighted by Gasteiger charge is 2.02. The van der Waals surface area contributed by atoms with Crippen molar-refractivity contribution in [1.82, 2.24) is 0 Å². The SMILES string of the molecule is CCCCC=CCCCCCCCCOC(=O)OCCCCCC. The number of rotatable bonds is 17. The van der Waals surface area contributed by atoms with Crippen molar-refractivity contribution in [1.29, 1.82) is 0 Å². The third-order valence-corrected chi connectivity index (χ3v) is 4.09. The van der Waals surface area contributed by atoms with Gasteiger partial charge in [0.05, 0.1) is 13.2 Å². The van der Waals surface area contributed by atoms with Crippen LogP contribution in [0.15, 0.2) is 12.2 Å². The molecule has 0 atom stereocenters. The maximum atomic E-state index is 11.3. The third-order valence-electron chi connectivity index (χ3n) is 4.09. The lowest BCUT2D eigenvalue weighted by atomic mass is 10.1. The van der Waals surface area contributed by atoms with Gasteiger partial charge in [0.25, 0.3) is 0 Å². The molecule has 0 aromatic heterocycles. The molecule has 0 saturated heterocycles. The lowest BCUT2D eigenvalue weighted by molar-refractivity contribution is 0.0529. The number of hydrogen-bond acceptors (Lipinski definition) is 3. The summed E-state index contributed by atoms with van der Waals surface area (Å²) in [5, 5.41) is 0. The van der Waals surface area contributed by atoms with E-state index in [4.69, 9.17) is 9.47 Å². The van der Waals surface area contributed by atoms with E-state index >= 15 is 0 Å². The van der Waals surface area contributed by atoms with Gasteiger partial charge in [0, 0.05) is 0 Å². The van der Waals surface area contributed by atoms with Crippen LogP contribution in [0.1, 0.15) is 104 Å². The van der Waals surface area contributed by atoms with E-state index in [0.717, 1.165) is 25.7 Å². The van der Waals surface area contributed by atoms with Gasteiger partial charge in [-0.3, -0.25) is 0 Å². The Morgan fingerprint density at radius 3 is 1.67 bits per heavy atom. The molecule has 0 spiro atoms. The second-order valence-electron chi connectivity index (χ2n) is 6.53. The van der Waals surface area contributed by atoms with Gasteiger partial charge in [-0.05, 0) is 32.1 Å². The van der Waals surface area contributed by atoms with Crippen molar-refractivity contribution >= 4 is 6.16 Å². The van der Waals surface area contributed by atoms with E-state index in [1.807, 2.05) is 0 Å². The highest BCUT2D eigenvalue weighted by Crippen LogP contribution is 2.08. The van der Waals surface area contributed by atoms with Crippen LogP contribution in [0.2, 0.25) is 0 Å². The topological polar surface area (TPSA) is 35.5 Å². The monoisotopic (exact) mass is 340 g/mol. The molecule has 0 bridgehead atoms. The van der Waals surface area contributed by atoms with Crippen molar-refractivity contribution in [3.63, 3.8) is 0 Å². The summed E-state index contributed by atoms with van der Waals surface area (Å²) in [5.41, 5.74) is 0. The van der Waals surface area contributed by atoms with Crippen LogP contribution in [0, 0.1) is 0 Å². The Morgan fingerprint density at radius 1 is 0.625 bits per heavy atom. The molecular weight excluding hydrogens is 300 g/mol. The normalized spacial score (nSPS) is 11.1. The number of carbonyl (C=O) groups is 1. The van der Waals surface area contributed by atoms with Gasteiger partial charge in [-0.2, -0.15) is 0 Å². The van der Waals surface area contributed by atoms with E-state index in [2.05, 4.69) is 26.0 Å². The minimum Gasteiger partial charge on any atom is -0.434 e. The van der Waals surface area contributed by atoms with Crippen LogP contribution in [0.25, 0.3) is 0 Å². The van der Waals surface area contributed by atoms with Crippen molar-refractivity contribution < 1.29 is 14.3 Å². The maximum absolute atomic E-state index is 11.3. The van der Waals surface area contributed by atoms with E-state index < -0.39 is 6.16 Å². The standard InChI is InChI=1S/C21H40O3/c1-3-5-7-9-10-11-12-13-14-15-16-18-20-24-21(22)23-19-17-8-6-4-2/h9-10H,3-8,11-20H2,1-2H3. The molecule has 0 aliphatic heterocycles. The molecule has 0 unspecified atom stereocenters. The van der Waals surface area contributed by atoms with Crippen LogP contribution in [0.3, 0.4) is 0 Å². The Balaban J connectivity index is 3.16. The molecule has 0 rings (SSSR count). The molecule has 3 heteroatoms. The van der Waals surface area contributed by atoms with Gasteiger partial charge < -0.3 is 9.47 Å². The van der Waals surface area contributed by atoms with Gasteiger partial charge in [-0.1, -0.05) is 83.8 Å². The first-order valence-electron chi connectivity index (χ1n) is 10.3. The fourth-order valence-electron chi connectivity index (χ4n) is 2.51. The molecule has 0 fully saturated rings.